The van der Waals surface area contributed by atoms with Gasteiger partial charge in [0.25, 0.3) is 0 Å². The number of esters is 1. The van der Waals surface area contributed by atoms with Gasteiger partial charge in [-0.3, -0.25) is 4.79 Å². The summed E-state index contributed by atoms with van der Waals surface area (Å²) in [5.41, 5.74) is -1.19. The van der Waals surface area contributed by atoms with Gasteiger partial charge in [-0.2, -0.15) is 0 Å². The van der Waals surface area contributed by atoms with E-state index >= 15 is 0 Å². The second-order valence-corrected chi connectivity index (χ2v) is 7.89. The molecule has 0 bridgehead atoms. The average molecular weight is 291 g/mol. The van der Waals surface area contributed by atoms with Crippen molar-refractivity contribution in [2.24, 2.45) is 5.41 Å². The van der Waals surface area contributed by atoms with Crippen molar-refractivity contribution in [3.05, 3.63) is 0 Å². The first-order chi connectivity index (χ1) is 8.60. The highest BCUT2D eigenvalue weighted by atomic mass is 32.2. The molecule has 1 atom stereocenters. The molecule has 1 aliphatic rings. The summed E-state index contributed by atoms with van der Waals surface area (Å²) in [4.78, 5) is 12.3. The highest BCUT2D eigenvalue weighted by molar-refractivity contribution is 7.88. The molecule has 0 aromatic rings. The van der Waals surface area contributed by atoms with Crippen LogP contribution >= 0.6 is 0 Å². The van der Waals surface area contributed by atoms with Crippen molar-refractivity contribution < 1.29 is 17.9 Å². The van der Waals surface area contributed by atoms with Crippen molar-refractivity contribution in [2.75, 3.05) is 12.8 Å². The van der Waals surface area contributed by atoms with Gasteiger partial charge in [-0.05, 0) is 46.0 Å². The van der Waals surface area contributed by atoms with Gasteiger partial charge in [-0.15, -0.1) is 0 Å². The maximum atomic E-state index is 12.3. The van der Waals surface area contributed by atoms with Gasteiger partial charge in [-0.25, -0.2) is 13.1 Å². The summed E-state index contributed by atoms with van der Waals surface area (Å²) < 4.78 is 30.4. The smallest absolute Gasteiger partial charge is 0.313 e. The molecular formula is C13H25NO4S. The Kier molecular flexibility index (Phi) is 5.01. The predicted octanol–water partition coefficient (Wildman–Crippen LogP) is 1.83. The van der Waals surface area contributed by atoms with Crippen LogP contribution in [0, 0.1) is 5.41 Å². The molecule has 0 aliphatic heterocycles. The van der Waals surface area contributed by atoms with Crippen LogP contribution < -0.4 is 4.72 Å². The van der Waals surface area contributed by atoms with Crippen molar-refractivity contribution in [3.8, 4) is 0 Å². The van der Waals surface area contributed by atoms with E-state index in [0.717, 1.165) is 31.9 Å². The number of hydrogen-bond acceptors (Lipinski definition) is 4. The first-order valence-electron chi connectivity index (χ1n) is 6.78. The van der Waals surface area contributed by atoms with E-state index in [9.17, 15) is 13.2 Å². The molecule has 19 heavy (non-hydrogen) atoms. The molecule has 1 N–H and O–H groups in total. The summed E-state index contributed by atoms with van der Waals surface area (Å²) in [5, 5.41) is 0. The van der Waals surface area contributed by atoms with E-state index in [2.05, 4.69) is 4.72 Å². The van der Waals surface area contributed by atoms with Crippen LogP contribution in [0.5, 0.6) is 0 Å². The van der Waals surface area contributed by atoms with Gasteiger partial charge in [0.2, 0.25) is 10.0 Å². The lowest BCUT2D eigenvalue weighted by Gasteiger charge is -2.32. The number of hydrogen-bond donors (Lipinski definition) is 1. The fraction of sp³-hybridized carbons (Fsp3) is 0.923. The molecule has 0 amide bonds. The first kappa shape index (κ1) is 16.4. The monoisotopic (exact) mass is 291 g/mol. The van der Waals surface area contributed by atoms with Crippen LogP contribution in [0.25, 0.3) is 0 Å². The predicted molar refractivity (Wildman–Crippen MR) is 74.2 cm³/mol. The minimum absolute atomic E-state index is 0.0806. The first-order valence-corrected chi connectivity index (χ1v) is 8.67. The molecule has 0 aromatic carbocycles. The number of carbonyl (C=O) groups excluding carboxylic acids is 1. The van der Waals surface area contributed by atoms with Gasteiger partial charge >= 0.3 is 5.97 Å². The van der Waals surface area contributed by atoms with Gasteiger partial charge in [0.15, 0.2) is 0 Å². The number of rotatable bonds is 6. The van der Waals surface area contributed by atoms with E-state index in [0.29, 0.717) is 6.42 Å². The standard InChI is InChI=1S/C13H25NO4S/c1-5-12(2,10-14-19(4,16)17)11(15)18-13(3)8-6-7-9-13/h14H,5-10H2,1-4H3. The quantitative estimate of drug-likeness (QED) is 0.758. The van der Waals surface area contributed by atoms with Crippen LogP contribution in [0.1, 0.15) is 52.9 Å². The molecule has 0 spiro atoms. The Bertz CT molecular complexity index is 426. The summed E-state index contributed by atoms with van der Waals surface area (Å²) >= 11 is 0. The summed E-state index contributed by atoms with van der Waals surface area (Å²) in [5.74, 6) is -0.310. The van der Waals surface area contributed by atoms with E-state index in [1.54, 1.807) is 6.92 Å². The molecule has 1 unspecified atom stereocenters. The molecule has 112 valence electrons. The zero-order valence-corrected chi connectivity index (χ0v) is 13.1. The van der Waals surface area contributed by atoms with E-state index in [-0.39, 0.29) is 18.1 Å². The van der Waals surface area contributed by atoms with Crippen LogP contribution in [0.3, 0.4) is 0 Å². The molecule has 0 heterocycles. The van der Waals surface area contributed by atoms with E-state index < -0.39 is 15.4 Å². The lowest BCUT2D eigenvalue weighted by atomic mass is 9.87. The Morgan fingerprint density at radius 3 is 2.32 bits per heavy atom. The molecule has 1 fully saturated rings. The molecule has 6 heteroatoms. The minimum Gasteiger partial charge on any atom is -0.459 e. The SMILES string of the molecule is CCC(C)(CNS(C)(=O)=O)C(=O)OC1(C)CCCC1. The highest BCUT2D eigenvalue weighted by Crippen LogP contribution is 2.35. The maximum absolute atomic E-state index is 12.3. The third-order valence-corrected chi connectivity index (χ3v) is 4.67. The minimum atomic E-state index is -3.30. The largest absolute Gasteiger partial charge is 0.459 e. The summed E-state index contributed by atoms with van der Waals surface area (Å²) in [6.07, 6.45) is 5.55. The average Bonchev–Trinajstić information content (AvgIpc) is 2.71. The Hall–Kier alpha value is -0.620. The molecule has 0 saturated heterocycles. The Morgan fingerprint density at radius 2 is 1.89 bits per heavy atom. The molecule has 1 rings (SSSR count). The number of nitrogens with one attached hydrogen (secondary N) is 1. The summed E-state index contributed by atoms with van der Waals surface area (Å²) in [6, 6.07) is 0. The fourth-order valence-corrected chi connectivity index (χ4v) is 2.78. The van der Waals surface area contributed by atoms with Crippen LogP contribution in [-0.4, -0.2) is 32.8 Å². The van der Waals surface area contributed by atoms with E-state index in [1.807, 2.05) is 13.8 Å². The molecule has 0 aromatic heterocycles. The Balaban J connectivity index is 2.69. The summed E-state index contributed by atoms with van der Waals surface area (Å²) in [6.45, 7) is 5.64. The number of sulfonamides is 1. The number of carbonyl (C=O) groups is 1. The van der Waals surface area contributed by atoms with Gasteiger partial charge < -0.3 is 4.74 Å². The lowest BCUT2D eigenvalue weighted by molar-refractivity contribution is -0.169. The summed E-state index contributed by atoms with van der Waals surface area (Å²) in [7, 11) is -3.30. The van der Waals surface area contributed by atoms with Crippen LogP contribution in [0.15, 0.2) is 0 Å². The zero-order chi connectivity index (χ0) is 14.7. The zero-order valence-electron chi connectivity index (χ0n) is 12.3. The molecule has 5 nitrogen and oxygen atoms in total. The van der Waals surface area contributed by atoms with Crippen molar-refractivity contribution >= 4 is 16.0 Å². The van der Waals surface area contributed by atoms with Gasteiger partial charge in [-0.1, -0.05) is 6.92 Å². The lowest BCUT2D eigenvalue weighted by Crippen LogP contribution is -2.44. The van der Waals surface area contributed by atoms with Gasteiger partial charge in [0, 0.05) is 6.54 Å². The van der Waals surface area contributed by atoms with Crippen LogP contribution in [0.4, 0.5) is 0 Å². The Morgan fingerprint density at radius 1 is 1.37 bits per heavy atom. The van der Waals surface area contributed by atoms with E-state index in [1.165, 1.54) is 0 Å². The molecule has 1 aliphatic carbocycles. The fourth-order valence-electron chi connectivity index (χ4n) is 2.20. The topological polar surface area (TPSA) is 72.5 Å². The van der Waals surface area contributed by atoms with E-state index in [4.69, 9.17) is 4.74 Å². The molecular weight excluding hydrogens is 266 g/mol. The third-order valence-electron chi connectivity index (χ3n) is 4.00. The van der Waals surface area contributed by atoms with Gasteiger partial charge in [0.1, 0.15) is 5.60 Å². The van der Waals surface area contributed by atoms with Crippen molar-refractivity contribution in [3.63, 3.8) is 0 Å². The van der Waals surface area contributed by atoms with Crippen molar-refractivity contribution in [1.82, 2.24) is 4.72 Å². The normalized spacial score (nSPS) is 21.9. The van der Waals surface area contributed by atoms with Crippen LogP contribution in [0.2, 0.25) is 0 Å². The van der Waals surface area contributed by atoms with Crippen LogP contribution in [-0.2, 0) is 19.6 Å². The second kappa shape index (κ2) is 5.79. The van der Waals surface area contributed by atoms with Crippen molar-refractivity contribution in [1.29, 1.82) is 0 Å². The van der Waals surface area contributed by atoms with Gasteiger partial charge in [0.05, 0.1) is 11.7 Å². The maximum Gasteiger partial charge on any atom is 0.313 e. The second-order valence-electron chi connectivity index (χ2n) is 6.05. The number of ether oxygens (including phenoxy) is 1. The molecule has 0 radical (unpaired) electrons. The van der Waals surface area contributed by atoms with Crippen molar-refractivity contribution in [2.45, 2.75) is 58.5 Å². The third kappa shape index (κ3) is 4.76. The highest BCUT2D eigenvalue weighted by Gasteiger charge is 2.40. The Labute approximate surface area is 116 Å². The molecule has 1 saturated carbocycles.